The second kappa shape index (κ2) is 5.07. The average Bonchev–Trinajstić information content (AvgIpc) is 2.12. The van der Waals surface area contributed by atoms with Gasteiger partial charge in [-0.1, -0.05) is 17.7 Å². The fourth-order valence-electron chi connectivity index (χ4n) is 0.995. The molecule has 13 heavy (non-hydrogen) atoms. The van der Waals surface area contributed by atoms with Crippen molar-refractivity contribution in [2.24, 2.45) is 5.73 Å². The van der Waals surface area contributed by atoms with E-state index in [4.69, 9.17) is 22.4 Å². The van der Waals surface area contributed by atoms with E-state index in [1.54, 1.807) is 12.1 Å². The fourth-order valence-corrected chi connectivity index (χ4v) is 1.20. The summed E-state index contributed by atoms with van der Waals surface area (Å²) < 4.78 is 0. The number of nitrogens with one attached hydrogen (secondary N) is 1. The third-order valence-corrected chi connectivity index (χ3v) is 1.97. The first-order valence-corrected chi connectivity index (χ1v) is 4.50. The number of rotatable bonds is 4. The zero-order valence-corrected chi connectivity index (χ0v) is 8.01. The molecule has 1 aromatic rings. The van der Waals surface area contributed by atoms with Gasteiger partial charge in [0, 0.05) is 19.6 Å². The molecule has 4 heteroatoms. The number of phenolic OH excluding ortho intramolecular Hbond substituents is 1. The maximum Gasteiger partial charge on any atom is 0.134 e. The van der Waals surface area contributed by atoms with Gasteiger partial charge >= 0.3 is 0 Å². The van der Waals surface area contributed by atoms with Crippen molar-refractivity contribution in [1.82, 2.24) is 5.32 Å². The van der Waals surface area contributed by atoms with Gasteiger partial charge in [0.2, 0.25) is 0 Å². The van der Waals surface area contributed by atoms with Crippen LogP contribution in [0.15, 0.2) is 18.2 Å². The van der Waals surface area contributed by atoms with Crippen LogP contribution in [0.25, 0.3) is 0 Å². The molecule has 0 aliphatic rings. The lowest BCUT2D eigenvalue weighted by atomic mass is 10.2. The molecule has 1 rings (SSSR count). The van der Waals surface area contributed by atoms with Crippen molar-refractivity contribution in [3.8, 4) is 5.75 Å². The zero-order valence-electron chi connectivity index (χ0n) is 7.26. The molecule has 0 saturated heterocycles. The minimum absolute atomic E-state index is 0.115. The summed E-state index contributed by atoms with van der Waals surface area (Å²) in [5.41, 5.74) is 6.36. The van der Waals surface area contributed by atoms with Gasteiger partial charge in [0.1, 0.15) is 5.75 Å². The monoisotopic (exact) mass is 200 g/mol. The SMILES string of the molecule is NCCNCc1ccc(O)c(Cl)c1. The predicted molar refractivity (Wildman–Crippen MR) is 53.9 cm³/mol. The smallest absolute Gasteiger partial charge is 0.134 e. The summed E-state index contributed by atoms with van der Waals surface area (Å²) in [5, 5.41) is 12.7. The van der Waals surface area contributed by atoms with E-state index in [0.717, 1.165) is 18.7 Å². The van der Waals surface area contributed by atoms with E-state index in [0.29, 0.717) is 11.6 Å². The predicted octanol–water partition coefficient (Wildman–Crippen LogP) is 1.09. The number of aromatic hydroxyl groups is 1. The van der Waals surface area contributed by atoms with Crippen LogP contribution in [0, 0.1) is 0 Å². The van der Waals surface area contributed by atoms with Gasteiger partial charge < -0.3 is 16.2 Å². The largest absolute Gasteiger partial charge is 0.506 e. The van der Waals surface area contributed by atoms with Gasteiger partial charge in [0.15, 0.2) is 0 Å². The Bertz CT molecular complexity index is 278. The maximum atomic E-state index is 9.14. The summed E-state index contributed by atoms with van der Waals surface area (Å²) in [6, 6.07) is 5.15. The Morgan fingerprint density at radius 2 is 2.23 bits per heavy atom. The van der Waals surface area contributed by atoms with Crippen LogP contribution < -0.4 is 11.1 Å². The van der Waals surface area contributed by atoms with Gasteiger partial charge in [-0.05, 0) is 17.7 Å². The van der Waals surface area contributed by atoms with Crippen LogP contribution in [0.5, 0.6) is 5.75 Å². The standard InChI is InChI=1S/C9H13ClN2O/c10-8-5-7(1-2-9(8)13)6-12-4-3-11/h1-2,5,12-13H,3-4,6,11H2. The lowest BCUT2D eigenvalue weighted by molar-refractivity contribution is 0.475. The third-order valence-electron chi connectivity index (χ3n) is 1.66. The molecule has 0 atom stereocenters. The van der Waals surface area contributed by atoms with E-state index in [9.17, 15) is 0 Å². The van der Waals surface area contributed by atoms with E-state index in [1.807, 2.05) is 6.07 Å². The molecule has 0 saturated carbocycles. The van der Waals surface area contributed by atoms with Crippen LogP contribution in [0.1, 0.15) is 5.56 Å². The number of phenols is 1. The van der Waals surface area contributed by atoms with Crippen molar-refractivity contribution in [3.05, 3.63) is 28.8 Å². The number of hydrogen-bond donors (Lipinski definition) is 3. The zero-order chi connectivity index (χ0) is 9.68. The Kier molecular flexibility index (Phi) is 4.02. The molecule has 0 fully saturated rings. The molecule has 0 spiro atoms. The van der Waals surface area contributed by atoms with Crippen molar-refractivity contribution in [1.29, 1.82) is 0 Å². The van der Waals surface area contributed by atoms with Crippen molar-refractivity contribution < 1.29 is 5.11 Å². The Labute approximate surface area is 82.5 Å². The minimum atomic E-state index is 0.115. The Morgan fingerprint density at radius 3 is 2.85 bits per heavy atom. The van der Waals surface area contributed by atoms with Gasteiger partial charge in [0.25, 0.3) is 0 Å². The molecule has 0 heterocycles. The number of benzene rings is 1. The van der Waals surface area contributed by atoms with Crippen LogP contribution >= 0.6 is 11.6 Å². The van der Waals surface area contributed by atoms with Crippen LogP contribution in [-0.2, 0) is 6.54 Å². The quantitative estimate of drug-likeness (QED) is 0.638. The van der Waals surface area contributed by atoms with Crippen LogP contribution in [0.3, 0.4) is 0 Å². The van der Waals surface area contributed by atoms with Gasteiger partial charge in [0.05, 0.1) is 5.02 Å². The first kappa shape index (κ1) is 10.3. The number of hydrogen-bond acceptors (Lipinski definition) is 3. The van der Waals surface area contributed by atoms with Crippen molar-refractivity contribution in [2.45, 2.75) is 6.54 Å². The summed E-state index contributed by atoms with van der Waals surface area (Å²) in [7, 11) is 0. The van der Waals surface area contributed by atoms with E-state index < -0.39 is 0 Å². The lowest BCUT2D eigenvalue weighted by Crippen LogP contribution is -2.21. The number of halogens is 1. The summed E-state index contributed by atoms with van der Waals surface area (Å²) in [5.74, 6) is 0.115. The van der Waals surface area contributed by atoms with E-state index in [1.165, 1.54) is 0 Å². The topological polar surface area (TPSA) is 58.3 Å². The lowest BCUT2D eigenvalue weighted by Gasteiger charge is -2.04. The summed E-state index contributed by atoms with van der Waals surface area (Å²) in [6.07, 6.45) is 0. The highest BCUT2D eigenvalue weighted by Gasteiger charge is 1.98. The van der Waals surface area contributed by atoms with E-state index in [-0.39, 0.29) is 5.75 Å². The normalized spacial score (nSPS) is 10.3. The van der Waals surface area contributed by atoms with Gasteiger partial charge in [-0.2, -0.15) is 0 Å². The van der Waals surface area contributed by atoms with Crippen LogP contribution in [-0.4, -0.2) is 18.2 Å². The summed E-state index contributed by atoms with van der Waals surface area (Å²) in [4.78, 5) is 0. The molecule has 4 N–H and O–H groups in total. The molecule has 72 valence electrons. The van der Waals surface area contributed by atoms with E-state index >= 15 is 0 Å². The Hall–Kier alpha value is -0.770. The first-order valence-electron chi connectivity index (χ1n) is 4.12. The van der Waals surface area contributed by atoms with Crippen molar-refractivity contribution in [2.75, 3.05) is 13.1 Å². The van der Waals surface area contributed by atoms with Gasteiger partial charge in [-0.25, -0.2) is 0 Å². The molecule has 0 unspecified atom stereocenters. The second-order valence-electron chi connectivity index (χ2n) is 2.75. The molecular formula is C9H13ClN2O. The molecule has 0 radical (unpaired) electrons. The fraction of sp³-hybridized carbons (Fsp3) is 0.333. The highest BCUT2D eigenvalue weighted by Crippen LogP contribution is 2.23. The maximum absolute atomic E-state index is 9.14. The van der Waals surface area contributed by atoms with Gasteiger partial charge in [-0.15, -0.1) is 0 Å². The van der Waals surface area contributed by atoms with Crippen molar-refractivity contribution in [3.63, 3.8) is 0 Å². The molecular weight excluding hydrogens is 188 g/mol. The first-order chi connectivity index (χ1) is 6.24. The summed E-state index contributed by atoms with van der Waals surface area (Å²) >= 11 is 5.72. The van der Waals surface area contributed by atoms with E-state index in [2.05, 4.69) is 5.32 Å². The highest BCUT2D eigenvalue weighted by atomic mass is 35.5. The molecule has 0 aliphatic carbocycles. The Morgan fingerprint density at radius 1 is 1.46 bits per heavy atom. The van der Waals surface area contributed by atoms with Crippen LogP contribution in [0.4, 0.5) is 0 Å². The third kappa shape index (κ3) is 3.22. The molecule has 0 aliphatic heterocycles. The molecule has 0 amide bonds. The molecule has 3 nitrogen and oxygen atoms in total. The summed E-state index contributed by atoms with van der Waals surface area (Å²) in [6.45, 7) is 2.11. The highest BCUT2D eigenvalue weighted by molar-refractivity contribution is 6.32. The average molecular weight is 201 g/mol. The van der Waals surface area contributed by atoms with Crippen LogP contribution in [0.2, 0.25) is 5.02 Å². The number of nitrogens with two attached hydrogens (primary N) is 1. The minimum Gasteiger partial charge on any atom is -0.506 e. The second-order valence-corrected chi connectivity index (χ2v) is 3.16. The van der Waals surface area contributed by atoms with Gasteiger partial charge in [-0.3, -0.25) is 0 Å². The molecule has 0 aromatic heterocycles. The Balaban J connectivity index is 2.53. The molecule has 0 bridgehead atoms. The molecule has 1 aromatic carbocycles. The van der Waals surface area contributed by atoms with Crippen molar-refractivity contribution >= 4 is 11.6 Å².